The largest absolute Gasteiger partial charge is 0.355 e. The molecule has 0 saturated heterocycles. The molecule has 1 aromatic heterocycles. The van der Waals surface area contributed by atoms with E-state index in [4.69, 9.17) is 0 Å². The minimum Gasteiger partial charge on any atom is -0.355 e. The van der Waals surface area contributed by atoms with Crippen LogP contribution in [-0.4, -0.2) is 22.2 Å². The van der Waals surface area contributed by atoms with Gasteiger partial charge in [0.15, 0.2) is 0 Å². The third-order valence-corrected chi connectivity index (χ3v) is 4.90. The van der Waals surface area contributed by atoms with E-state index < -0.39 is 0 Å². The van der Waals surface area contributed by atoms with Crippen LogP contribution in [0.1, 0.15) is 22.6 Å². The van der Waals surface area contributed by atoms with Gasteiger partial charge >= 0.3 is 0 Å². The fourth-order valence-corrected chi connectivity index (χ4v) is 3.43. The van der Waals surface area contributed by atoms with Gasteiger partial charge in [-0.25, -0.2) is 4.68 Å². The second kappa shape index (κ2) is 9.02. The van der Waals surface area contributed by atoms with E-state index >= 15 is 0 Å². The predicted octanol–water partition coefficient (Wildman–Crippen LogP) is 4.36. The van der Waals surface area contributed by atoms with E-state index in [1.807, 2.05) is 108 Å². The summed E-state index contributed by atoms with van der Waals surface area (Å²) in [6.45, 7) is 0.565. The van der Waals surface area contributed by atoms with Gasteiger partial charge in [-0.3, -0.25) is 4.79 Å². The molecule has 0 atom stereocenters. The summed E-state index contributed by atoms with van der Waals surface area (Å²) in [5.74, 6) is -0.303. The van der Waals surface area contributed by atoms with Crippen LogP contribution in [-0.2, 0) is 11.2 Å². The molecule has 1 N–H and O–H groups in total. The smallest absolute Gasteiger partial charge is 0.232 e. The molecule has 0 spiro atoms. The van der Waals surface area contributed by atoms with Crippen molar-refractivity contribution in [1.82, 2.24) is 15.1 Å². The van der Waals surface area contributed by atoms with Gasteiger partial charge in [-0.2, -0.15) is 5.10 Å². The number of carbonyl (C=O) groups is 1. The Labute approximate surface area is 170 Å². The summed E-state index contributed by atoms with van der Waals surface area (Å²) in [7, 11) is 0. The van der Waals surface area contributed by atoms with E-state index in [1.54, 1.807) is 0 Å². The van der Waals surface area contributed by atoms with Gasteiger partial charge in [0, 0.05) is 12.7 Å². The molecule has 0 aliphatic rings. The molecule has 4 nitrogen and oxygen atoms in total. The van der Waals surface area contributed by atoms with Gasteiger partial charge in [-0.15, -0.1) is 0 Å². The second-order valence-electron chi connectivity index (χ2n) is 6.92. The summed E-state index contributed by atoms with van der Waals surface area (Å²) in [5.41, 5.74) is 4.10. The van der Waals surface area contributed by atoms with E-state index in [2.05, 4.69) is 10.4 Å². The number of nitrogens with one attached hydrogen (secondary N) is 1. The molecular weight excluding hydrogens is 358 g/mol. The molecule has 0 radical (unpaired) electrons. The average molecular weight is 381 g/mol. The lowest BCUT2D eigenvalue weighted by Crippen LogP contribution is -2.31. The van der Waals surface area contributed by atoms with E-state index in [9.17, 15) is 4.79 Å². The topological polar surface area (TPSA) is 46.9 Å². The van der Waals surface area contributed by atoms with Crippen LogP contribution in [0.15, 0.2) is 103 Å². The van der Waals surface area contributed by atoms with Crippen LogP contribution in [0.25, 0.3) is 5.69 Å². The molecule has 3 aromatic carbocycles. The number of benzene rings is 3. The molecule has 1 amide bonds. The molecular formula is C25H23N3O. The van der Waals surface area contributed by atoms with E-state index in [1.165, 1.54) is 0 Å². The average Bonchev–Trinajstić information content (AvgIpc) is 3.25. The summed E-state index contributed by atoms with van der Waals surface area (Å²) in [5, 5.41) is 7.52. The number of para-hydroxylation sites is 1. The van der Waals surface area contributed by atoms with Gasteiger partial charge in [-0.1, -0.05) is 78.9 Å². The van der Waals surface area contributed by atoms with Gasteiger partial charge < -0.3 is 5.32 Å². The summed E-state index contributed by atoms with van der Waals surface area (Å²) in [4.78, 5) is 13.0. The maximum Gasteiger partial charge on any atom is 0.232 e. The number of aromatic nitrogens is 2. The molecule has 0 bridgehead atoms. The lowest BCUT2D eigenvalue weighted by atomic mass is 9.90. The zero-order chi connectivity index (χ0) is 19.9. The summed E-state index contributed by atoms with van der Waals surface area (Å²) < 4.78 is 1.86. The van der Waals surface area contributed by atoms with E-state index in [-0.39, 0.29) is 11.8 Å². The highest BCUT2D eigenvalue weighted by atomic mass is 16.1. The van der Waals surface area contributed by atoms with Crippen molar-refractivity contribution < 1.29 is 4.79 Å². The zero-order valence-corrected chi connectivity index (χ0v) is 16.1. The highest BCUT2D eigenvalue weighted by molar-refractivity contribution is 5.87. The number of amides is 1. The van der Waals surface area contributed by atoms with Crippen molar-refractivity contribution >= 4 is 5.91 Å². The molecule has 29 heavy (non-hydrogen) atoms. The third-order valence-electron chi connectivity index (χ3n) is 4.90. The van der Waals surface area contributed by atoms with Crippen LogP contribution in [0.4, 0.5) is 0 Å². The first-order valence-electron chi connectivity index (χ1n) is 9.78. The first-order chi connectivity index (χ1) is 14.3. The second-order valence-corrected chi connectivity index (χ2v) is 6.92. The molecule has 4 rings (SSSR count). The highest BCUT2D eigenvalue weighted by Gasteiger charge is 2.22. The maximum atomic E-state index is 13.0. The molecule has 0 fully saturated rings. The Hall–Kier alpha value is -3.66. The molecule has 4 heteroatoms. The summed E-state index contributed by atoms with van der Waals surface area (Å²) in [6, 6.07) is 29.8. The Morgan fingerprint density at radius 1 is 0.828 bits per heavy atom. The van der Waals surface area contributed by atoms with Crippen LogP contribution in [0.2, 0.25) is 0 Å². The lowest BCUT2D eigenvalue weighted by molar-refractivity contribution is -0.121. The Bertz CT molecular complexity index is 1000. The monoisotopic (exact) mass is 381 g/mol. The first kappa shape index (κ1) is 18.7. The number of hydrogen-bond acceptors (Lipinski definition) is 2. The van der Waals surface area contributed by atoms with Crippen molar-refractivity contribution in [2.24, 2.45) is 0 Å². The third kappa shape index (κ3) is 4.61. The number of carbonyl (C=O) groups excluding carboxylic acids is 1. The normalized spacial score (nSPS) is 10.8. The summed E-state index contributed by atoms with van der Waals surface area (Å²) in [6.07, 6.45) is 4.59. The lowest BCUT2D eigenvalue weighted by Gasteiger charge is -2.17. The van der Waals surface area contributed by atoms with Crippen molar-refractivity contribution in [2.75, 3.05) is 6.54 Å². The Morgan fingerprint density at radius 3 is 1.97 bits per heavy atom. The molecule has 0 aliphatic carbocycles. The fraction of sp³-hybridized carbons (Fsp3) is 0.120. The van der Waals surface area contributed by atoms with Crippen LogP contribution in [0.5, 0.6) is 0 Å². The number of hydrogen-bond donors (Lipinski definition) is 1. The standard InChI is InChI=1S/C25H23N3O/c29-25(24(21-10-4-1-5-11-21)22-12-6-2-7-13-22)26-17-16-20-18-27-28(19-20)23-14-8-3-9-15-23/h1-15,18-19,24H,16-17H2,(H,26,29). The Balaban J connectivity index is 1.42. The number of rotatable bonds is 7. The predicted molar refractivity (Wildman–Crippen MR) is 115 cm³/mol. The Morgan fingerprint density at radius 2 is 1.38 bits per heavy atom. The van der Waals surface area contributed by atoms with Crippen molar-refractivity contribution in [3.8, 4) is 5.69 Å². The molecule has 0 saturated carbocycles. The van der Waals surface area contributed by atoms with Crippen molar-refractivity contribution in [1.29, 1.82) is 0 Å². The van der Waals surface area contributed by atoms with Gasteiger partial charge in [0.25, 0.3) is 0 Å². The molecule has 4 aromatic rings. The summed E-state index contributed by atoms with van der Waals surface area (Å²) >= 11 is 0. The minimum atomic E-state index is -0.315. The van der Waals surface area contributed by atoms with Gasteiger partial charge in [-0.05, 0) is 35.2 Å². The van der Waals surface area contributed by atoms with Crippen molar-refractivity contribution in [3.05, 3.63) is 120 Å². The fourth-order valence-electron chi connectivity index (χ4n) is 3.43. The first-order valence-corrected chi connectivity index (χ1v) is 9.78. The zero-order valence-electron chi connectivity index (χ0n) is 16.1. The van der Waals surface area contributed by atoms with Crippen molar-refractivity contribution in [3.63, 3.8) is 0 Å². The SMILES string of the molecule is O=C(NCCc1cnn(-c2ccccc2)c1)C(c1ccccc1)c1ccccc1. The highest BCUT2D eigenvalue weighted by Crippen LogP contribution is 2.24. The van der Waals surface area contributed by atoms with Gasteiger partial charge in [0.1, 0.15) is 0 Å². The van der Waals surface area contributed by atoms with Gasteiger partial charge in [0.2, 0.25) is 5.91 Å². The minimum absolute atomic E-state index is 0.0119. The molecule has 144 valence electrons. The van der Waals surface area contributed by atoms with Crippen LogP contribution in [0, 0.1) is 0 Å². The number of nitrogens with zero attached hydrogens (tertiary/aromatic N) is 2. The maximum absolute atomic E-state index is 13.0. The quantitative estimate of drug-likeness (QED) is 0.517. The van der Waals surface area contributed by atoms with E-state index in [0.717, 1.165) is 28.8 Å². The Kier molecular flexibility index (Phi) is 5.81. The van der Waals surface area contributed by atoms with Crippen molar-refractivity contribution in [2.45, 2.75) is 12.3 Å². The van der Waals surface area contributed by atoms with Crippen LogP contribution >= 0.6 is 0 Å². The molecule has 0 unspecified atom stereocenters. The molecule has 1 heterocycles. The van der Waals surface area contributed by atoms with Crippen LogP contribution < -0.4 is 5.32 Å². The van der Waals surface area contributed by atoms with Crippen LogP contribution in [0.3, 0.4) is 0 Å². The molecule has 0 aliphatic heterocycles. The van der Waals surface area contributed by atoms with E-state index in [0.29, 0.717) is 6.54 Å². The van der Waals surface area contributed by atoms with Gasteiger partial charge in [0.05, 0.1) is 17.8 Å².